The number of fused-ring (bicyclic) bond motifs is 1. The van der Waals surface area contributed by atoms with Crippen molar-refractivity contribution in [2.45, 2.75) is 13.3 Å². The standard InChI is InChI=1S/C12H11ClN2O2/c1-2-17-11(16)4-8-3-9-5-10(13)7-15-12(9)14-6-8/h3,5-7H,2,4H2,1H3. The Labute approximate surface area is 104 Å². The van der Waals surface area contributed by atoms with Crippen molar-refractivity contribution in [2.24, 2.45) is 0 Å². The molecule has 0 atom stereocenters. The average Bonchev–Trinajstić information content (AvgIpc) is 2.28. The first-order chi connectivity index (χ1) is 8.19. The number of rotatable bonds is 3. The van der Waals surface area contributed by atoms with Crippen LogP contribution < -0.4 is 0 Å². The van der Waals surface area contributed by atoms with Crippen LogP contribution in [0.4, 0.5) is 0 Å². The summed E-state index contributed by atoms with van der Waals surface area (Å²) in [6, 6.07) is 3.61. The summed E-state index contributed by atoms with van der Waals surface area (Å²) >= 11 is 5.84. The van der Waals surface area contributed by atoms with Crippen molar-refractivity contribution in [1.29, 1.82) is 0 Å². The Morgan fingerprint density at radius 3 is 2.88 bits per heavy atom. The van der Waals surface area contributed by atoms with Gasteiger partial charge in [0.1, 0.15) is 0 Å². The van der Waals surface area contributed by atoms with Crippen LogP contribution in [0.5, 0.6) is 0 Å². The first-order valence-corrected chi connectivity index (χ1v) is 5.62. The largest absolute Gasteiger partial charge is 0.466 e. The van der Waals surface area contributed by atoms with Gasteiger partial charge in [-0.25, -0.2) is 9.97 Å². The Hall–Kier alpha value is -1.68. The molecule has 0 radical (unpaired) electrons. The van der Waals surface area contributed by atoms with Crippen LogP contribution in [0.3, 0.4) is 0 Å². The SMILES string of the molecule is CCOC(=O)Cc1cnc2ncc(Cl)cc2c1. The lowest BCUT2D eigenvalue weighted by molar-refractivity contribution is -0.142. The fourth-order valence-electron chi connectivity index (χ4n) is 1.52. The summed E-state index contributed by atoms with van der Waals surface area (Å²) in [6.45, 7) is 2.16. The Kier molecular flexibility index (Phi) is 3.54. The quantitative estimate of drug-likeness (QED) is 0.785. The van der Waals surface area contributed by atoms with Crippen molar-refractivity contribution >= 4 is 28.6 Å². The van der Waals surface area contributed by atoms with Crippen LogP contribution in [-0.2, 0) is 16.0 Å². The summed E-state index contributed by atoms with van der Waals surface area (Å²) in [5.41, 5.74) is 1.40. The molecule has 0 bridgehead atoms. The van der Waals surface area contributed by atoms with Gasteiger partial charge in [-0.3, -0.25) is 4.79 Å². The van der Waals surface area contributed by atoms with Gasteiger partial charge >= 0.3 is 5.97 Å². The van der Waals surface area contributed by atoms with Gasteiger partial charge in [-0.15, -0.1) is 0 Å². The zero-order valence-electron chi connectivity index (χ0n) is 9.31. The second kappa shape index (κ2) is 5.10. The lowest BCUT2D eigenvalue weighted by Crippen LogP contribution is -2.07. The second-order valence-electron chi connectivity index (χ2n) is 3.53. The van der Waals surface area contributed by atoms with Gasteiger partial charge in [0.15, 0.2) is 5.65 Å². The van der Waals surface area contributed by atoms with E-state index in [1.165, 1.54) is 0 Å². The molecule has 0 aliphatic heterocycles. The van der Waals surface area contributed by atoms with Crippen LogP contribution in [0.1, 0.15) is 12.5 Å². The van der Waals surface area contributed by atoms with Crippen LogP contribution in [0, 0.1) is 0 Å². The highest BCUT2D eigenvalue weighted by atomic mass is 35.5. The third-order valence-electron chi connectivity index (χ3n) is 2.21. The molecule has 88 valence electrons. The van der Waals surface area contributed by atoms with Gasteiger partial charge in [0.25, 0.3) is 0 Å². The average molecular weight is 251 g/mol. The van der Waals surface area contributed by atoms with Crippen LogP contribution in [0.15, 0.2) is 24.5 Å². The lowest BCUT2D eigenvalue weighted by atomic mass is 10.1. The fraction of sp³-hybridized carbons (Fsp3) is 0.250. The molecule has 0 amide bonds. The minimum Gasteiger partial charge on any atom is -0.466 e. The maximum atomic E-state index is 11.3. The van der Waals surface area contributed by atoms with E-state index in [2.05, 4.69) is 9.97 Å². The van der Waals surface area contributed by atoms with E-state index in [-0.39, 0.29) is 12.4 Å². The Morgan fingerprint density at radius 2 is 2.12 bits per heavy atom. The normalized spacial score (nSPS) is 10.5. The second-order valence-corrected chi connectivity index (χ2v) is 3.96. The molecule has 0 unspecified atom stereocenters. The minimum atomic E-state index is -0.261. The van der Waals surface area contributed by atoms with E-state index in [0.29, 0.717) is 17.3 Å². The van der Waals surface area contributed by atoms with Crippen LogP contribution in [0.2, 0.25) is 5.02 Å². The van der Waals surface area contributed by atoms with Crippen molar-refractivity contribution < 1.29 is 9.53 Å². The molecule has 0 N–H and O–H groups in total. The molecule has 17 heavy (non-hydrogen) atoms. The lowest BCUT2D eigenvalue weighted by Gasteiger charge is -2.03. The molecule has 2 aromatic heterocycles. The van der Waals surface area contributed by atoms with Crippen molar-refractivity contribution in [3.05, 3.63) is 35.1 Å². The molecule has 5 heteroatoms. The molecule has 2 aromatic rings. The highest BCUT2D eigenvalue weighted by Crippen LogP contribution is 2.16. The first-order valence-electron chi connectivity index (χ1n) is 5.25. The number of esters is 1. The van der Waals surface area contributed by atoms with Crippen molar-refractivity contribution in [2.75, 3.05) is 6.61 Å². The van der Waals surface area contributed by atoms with E-state index in [4.69, 9.17) is 16.3 Å². The van der Waals surface area contributed by atoms with Crippen molar-refractivity contribution in [3.8, 4) is 0 Å². The van der Waals surface area contributed by atoms with E-state index in [1.807, 2.05) is 6.07 Å². The van der Waals surface area contributed by atoms with Crippen LogP contribution in [0.25, 0.3) is 11.0 Å². The maximum Gasteiger partial charge on any atom is 0.310 e. The van der Waals surface area contributed by atoms with E-state index in [1.54, 1.807) is 25.4 Å². The monoisotopic (exact) mass is 250 g/mol. The van der Waals surface area contributed by atoms with Gasteiger partial charge in [0, 0.05) is 17.8 Å². The number of ether oxygens (including phenoxy) is 1. The van der Waals surface area contributed by atoms with Crippen LogP contribution >= 0.6 is 11.6 Å². The van der Waals surface area contributed by atoms with E-state index >= 15 is 0 Å². The maximum absolute atomic E-state index is 11.3. The zero-order chi connectivity index (χ0) is 12.3. The summed E-state index contributed by atoms with van der Waals surface area (Å²) in [5.74, 6) is -0.261. The first kappa shape index (κ1) is 11.8. The van der Waals surface area contributed by atoms with Crippen molar-refractivity contribution in [1.82, 2.24) is 9.97 Å². The summed E-state index contributed by atoms with van der Waals surface area (Å²) in [5, 5.41) is 1.37. The summed E-state index contributed by atoms with van der Waals surface area (Å²) in [6.07, 6.45) is 3.38. The van der Waals surface area contributed by atoms with Crippen LogP contribution in [-0.4, -0.2) is 22.5 Å². The number of aromatic nitrogens is 2. The summed E-state index contributed by atoms with van der Waals surface area (Å²) in [7, 11) is 0. The number of hydrogen-bond donors (Lipinski definition) is 0. The molecular weight excluding hydrogens is 240 g/mol. The fourth-order valence-corrected chi connectivity index (χ4v) is 1.68. The summed E-state index contributed by atoms with van der Waals surface area (Å²) in [4.78, 5) is 19.6. The summed E-state index contributed by atoms with van der Waals surface area (Å²) < 4.78 is 4.87. The molecular formula is C12H11ClN2O2. The zero-order valence-corrected chi connectivity index (χ0v) is 10.1. The number of pyridine rings is 2. The minimum absolute atomic E-state index is 0.212. The number of hydrogen-bond acceptors (Lipinski definition) is 4. The third-order valence-corrected chi connectivity index (χ3v) is 2.42. The highest BCUT2D eigenvalue weighted by Gasteiger charge is 2.06. The van der Waals surface area contributed by atoms with Crippen molar-refractivity contribution in [3.63, 3.8) is 0 Å². The molecule has 0 spiro atoms. The third kappa shape index (κ3) is 2.91. The van der Waals surface area contributed by atoms with E-state index < -0.39 is 0 Å². The van der Waals surface area contributed by atoms with Gasteiger partial charge in [-0.05, 0) is 24.6 Å². The molecule has 0 saturated carbocycles. The predicted octanol–water partition coefficient (Wildman–Crippen LogP) is 2.39. The topological polar surface area (TPSA) is 52.1 Å². The number of carbonyl (C=O) groups is 1. The molecule has 0 aliphatic carbocycles. The molecule has 0 aliphatic rings. The van der Waals surface area contributed by atoms with E-state index in [0.717, 1.165) is 10.9 Å². The molecule has 4 nitrogen and oxygen atoms in total. The predicted molar refractivity (Wildman–Crippen MR) is 64.9 cm³/mol. The molecule has 2 heterocycles. The number of nitrogens with zero attached hydrogens (tertiary/aromatic N) is 2. The molecule has 2 rings (SSSR count). The molecule has 0 aromatic carbocycles. The van der Waals surface area contributed by atoms with Gasteiger partial charge in [0.05, 0.1) is 18.1 Å². The van der Waals surface area contributed by atoms with Gasteiger partial charge in [-0.2, -0.15) is 0 Å². The molecule has 0 fully saturated rings. The number of halogens is 1. The van der Waals surface area contributed by atoms with Gasteiger partial charge in [0.2, 0.25) is 0 Å². The van der Waals surface area contributed by atoms with E-state index in [9.17, 15) is 4.79 Å². The molecule has 0 saturated heterocycles. The Bertz CT molecular complexity index is 557. The smallest absolute Gasteiger partial charge is 0.310 e. The van der Waals surface area contributed by atoms with Gasteiger partial charge in [-0.1, -0.05) is 11.6 Å². The highest BCUT2D eigenvalue weighted by molar-refractivity contribution is 6.31. The Balaban J connectivity index is 2.27. The number of carbonyl (C=O) groups excluding carboxylic acids is 1. The van der Waals surface area contributed by atoms with Gasteiger partial charge < -0.3 is 4.74 Å². The Morgan fingerprint density at radius 1 is 1.35 bits per heavy atom.